The van der Waals surface area contributed by atoms with Crippen molar-refractivity contribution in [1.82, 2.24) is 0 Å². The second-order valence-electron chi connectivity index (χ2n) is 4.49. The molecule has 0 amide bonds. The van der Waals surface area contributed by atoms with Crippen LogP contribution in [-0.4, -0.2) is 6.54 Å². The van der Waals surface area contributed by atoms with Gasteiger partial charge in [-0.1, -0.05) is 19.9 Å². The van der Waals surface area contributed by atoms with Crippen LogP contribution in [0.25, 0.3) is 0 Å². The Kier molecular flexibility index (Phi) is 4.28. The fraction of sp³-hybridized carbons (Fsp3) is 0.538. The molecular formula is C13H20FN. The van der Waals surface area contributed by atoms with E-state index in [1.807, 2.05) is 6.92 Å². The largest absolute Gasteiger partial charge is 0.330 e. The van der Waals surface area contributed by atoms with Crippen LogP contribution < -0.4 is 5.73 Å². The molecule has 2 N–H and O–H groups in total. The molecule has 0 saturated heterocycles. The molecular weight excluding hydrogens is 189 g/mol. The highest BCUT2D eigenvalue weighted by Gasteiger charge is 2.15. The molecule has 2 heteroatoms. The van der Waals surface area contributed by atoms with E-state index >= 15 is 0 Å². The highest BCUT2D eigenvalue weighted by Crippen LogP contribution is 2.28. The molecule has 0 aliphatic carbocycles. The highest BCUT2D eigenvalue weighted by atomic mass is 19.1. The molecule has 0 bridgehead atoms. The number of halogens is 1. The van der Waals surface area contributed by atoms with Crippen molar-refractivity contribution in [2.75, 3.05) is 6.54 Å². The summed E-state index contributed by atoms with van der Waals surface area (Å²) in [4.78, 5) is 0. The smallest absolute Gasteiger partial charge is 0.123 e. The van der Waals surface area contributed by atoms with E-state index < -0.39 is 0 Å². The molecule has 84 valence electrons. The molecule has 0 heterocycles. The molecule has 15 heavy (non-hydrogen) atoms. The van der Waals surface area contributed by atoms with E-state index in [9.17, 15) is 4.39 Å². The monoisotopic (exact) mass is 209 g/mol. The number of rotatable bonds is 4. The second-order valence-corrected chi connectivity index (χ2v) is 4.49. The lowest BCUT2D eigenvalue weighted by atomic mass is 9.85. The summed E-state index contributed by atoms with van der Waals surface area (Å²) in [7, 11) is 0. The predicted molar refractivity (Wildman–Crippen MR) is 62.4 cm³/mol. The molecule has 1 unspecified atom stereocenters. The van der Waals surface area contributed by atoms with Gasteiger partial charge in [0, 0.05) is 0 Å². The van der Waals surface area contributed by atoms with Gasteiger partial charge in [-0.15, -0.1) is 0 Å². The van der Waals surface area contributed by atoms with Gasteiger partial charge in [-0.25, -0.2) is 4.39 Å². The summed E-state index contributed by atoms with van der Waals surface area (Å²) in [5.74, 6) is 0.715. The Labute approximate surface area is 91.5 Å². The fourth-order valence-corrected chi connectivity index (χ4v) is 2.04. The molecule has 0 aromatic heterocycles. The Balaban J connectivity index is 2.99. The van der Waals surface area contributed by atoms with Crippen LogP contribution in [0.2, 0.25) is 0 Å². The first kappa shape index (κ1) is 12.2. The third-order valence-corrected chi connectivity index (χ3v) is 2.78. The minimum Gasteiger partial charge on any atom is -0.330 e. The van der Waals surface area contributed by atoms with Crippen molar-refractivity contribution in [2.24, 2.45) is 11.7 Å². The van der Waals surface area contributed by atoms with Crippen LogP contribution in [-0.2, 0) is 0 Å². The molecule has 0 saturated carbocycles. The number of aryl methyl sites for hydroxylation is 1. The number of benzene rings is 1. The van der Waals surface area contributed by atoms with Crippen LogP contribution in [0.3, 0.4) is 0 Å². The van der Waals surface area contributed by atoms with Crippen molar-refractivity contribution >= 4 is 0 Å². The Morgan fingerprint density at radius 3 is 2.40 bits per heavy atom. The average Bonchev–Trinajstić information content (AvgIpc) is 2.11. The van der Waals surface area contributed by atoms with Crippen molar-refractivity contribution in [1.29, 1.82) is 0 Å². The van der Waals surface area contributed by atoms with Crippen LogP contribution >= 0.6 is 0 Å². The van der Waals surface area contributed by atoms with Crippen LogP contribution in [0.1, 0.15) is 37.3 Å². The second kappa shape index (κ2) is 5.26. The standard InChI is InChI=1S/C13H20FN/c1-9(2)13(4-5-15)11-6-10(3)7-12(14)8-11/h6-9,13H,4-5,15H2,1-3H3. The van der Waals surface area contributed by atoms with Gasteiger partial charge < -0.3 is 5.73 Å². The van der Waals surface area contributed by atoms with Gasteiger partial charge in [-0.05, 0) is 55.0 Å². The molecule has 1 aromatic carbocycles. The van der Waals surface area contributed by atoms with E-state index in [1.165, 1.54) is 0 Å². The minimum atomic E-state index is -0.146. The van der Waals surface area contributed by atoms with Crippen molar-refractivity contribution in [3.63, 3.8) is 0 Å². The number of hydrogen-bond acceptors (Lipinski definition) is 1. The van der Waals surface area contributed by atoms with Crippen LogP contribution in [0.4, 0.5) is 4.39 Å². The van der Waals surface area contributed by atoms with Crippen LogP contribution in [0, 0.1) is 18.7 Å². The molecule has 1 rings (SSSR count). The lowest BCUT2D eigenvalue weighted by Gasteiger charge is -2.21. The first-order valence-corrected chi connectivity index (χ1v) is 5.51. The minimum absolute atomic E-state index is 0.146. The first-order valence-electron chi connectivity index (χ1n) is 5.51. The lowest BCUT2D eigenvalue weighted by Crippen LogP contribution is -2.13. The Morgan fingerprint density at radius 1 is 1.27 bits per heavy atom. The normalized spacial score (nSPS) is 13.2. The van der Waals surface area contributed by atoms with Crippen molar-refractivity contribution < 1.29 is 4.39 Å². The Hall–Kier alpha value is -0.890. The Morgan fingerprint density at radius 2 is 1.93 bits per heavy atom. The summed E-state index contributed by atoms with van der Waals surface area (Å²) in [5.41, 5.74) is 7.64. The maximum absolute atomic E-state index is 13.3. The van der Waals surface area contributed by atoms with Crippen molar-refractivity contribution in [3.05, 3.63) is 35.1 Å². The summed E-state index contributed by atoms with van der Waals surface area (Å²) < 4.78 is 13.3. The van der Waals surface area contributed by atoms with E-state index in [4.69, 9.17) is 5.73 Å². The molecule has 1 aromatic rings. The molecule has 0 aliphatic heterocycles. The van der Waals surface area contributed by atoms with Gasteiger partial charge >= 0.3 is 0 Å². The zero-order valence-corrected chi connectivity index (χ0v) is 9.76. The molecule has 0 aliphatic rings. The van der Waals surface area contributed by atoms with E-state index in [0.29, 0.717) is 18.4 Å². The zero-order valence-electron chi connectivity index (χ0n) is 9.76. The number of hydrogen-bond donors (Lipinski definition) is 1. The average molecular weight is 209 g/mol. The van der Waals surface area contributed by atoms with Gasteiger partial charge in [-0.3, -0.25) is 0 Å². The third-order valence-electron chi connectivity index (χ3n) is 2.78. The molecule has 0 spiro atoms. The van der Waals surface area contributed by atoms with Gasteiger partial charge in [-0.2, -0.15) is 0 Å². The maximum Gasteiger partial charge on any atom is 0.123 e. The van der Waals surface area contributed by atoms with E-state index in [1.54, 1.807) is 12.1 Å². The zero-order chi connectivity index (χ0) is 11.4. The van der Waals surface area contributed by atoms with Gasteiger partial charge in [0.2, 0.25) is 0 Å². The quantitative estimate of drug-likeness (QED) is 0.809. The predicted octanol–water partition coefficient (Wildman–Crippen LogP) is 3.22. The van der Waals surface area contributed by atoms with Gasteiger partial charge in [0.05, 0.1) is 0 Å². The fourth-order valence-electron chi connectivity index (χ4n) is 2.04. The van der Waals surface area contributed by atoms with Crippen molar-refractivity contribution in [3.8, 4) is 0 Å². The van der Waals surface area contributed by atoms with E-state index in [-0.39, 0.29) is 5.82 Å². The molecule has 0 fully saturated rings. The van der Waals surface area contributed by atoms with E-state index in [0.717, 1.165) is 17.5 Å². The first-order chi connectivity index (χ1) is 7.04. The summed E-state index contributed by atoms with van der Waals surface area (Å²) in [6.07, 6.45) is 0.917. The number of nitrogens with two attached hydrogens (primary N) is 1. The lowest BCUT2D eigenvalue weighted by molar-refractivity contribution is 0.470. The third kappa shape index (κ3) is 3.31. The van der Waals surface area contributed by atoms with E-state index in [2.05, 4.69) is 19.9 Å². The maximum atomic E-state index is 13.3. The summed E-state index contributed by atoms with van der Waals surface area (Å²) >= 11 is 0. The van der Waals surface area contributed by atoms with Gasteiger partial charge in [0.15, 0.2) is 0 Å². The SMILES string of the molecule is Cc1cc(F)cc(C(CCN)C(C)C)c1. The highest BCUT2D eigenvalue weighted by molar-refractivity contribution is 5.27. The summed E-state index contributed by atoms with van der Waals surface area (Å²) in [6, 6.07) is 5.25. The van der Waals surface area contributed by atoms with Crippen molar-refractivity contribution in [2.45, 2.75) is 33.1 Å². The molecule has 0 radical (unpaired) electrons. The summed E-state index contributed by atoms with van der Waals surface area (Å²) in [6.45, 7) is 6.88. The van der Waals surface area contributed by atoms with Gasteiger partial charge in [0.25, 0.3) is 0 Å². The van der Waals surface area contributed by atoms with Crippen LogP contribution in [0.15, 0.2) is 18.2 Å². The van der Waals surface area contributed by atoms with Gasteiger partial charge in [0.1, 0.15) is 5.82 Å². The molecule has 1 atom stereocenters. The summed E-state index contributed by atoms with van der Waals surface area (Å²) in [5, 5.41) is 0. The molecule has 1 nitrogen and oxygen atoms in total. The van der Waals surface area contributed by atoms with Crippen LogP contribution in [0.5, 0.6) is 0 Å². The topological polar surface area (TPSA) is 26.0 Å². The Bertz CT molecular complexity index is 300.